The van der Waals surface area contributed by atoms with Gasteiger partial charge in [-0.1, -0.05) is 165 Å². The van der Waals surface area contributed by atoms with Crippen LogP contribution in [0.15, 0.2) is 48.6 Å². The Morgan fingerprint density at radius 2 is 0.878 bits per heavy atom. The van der Waals surface area contributed by atoms with E-state index in [1.807, 2.05) is 0 Å². The summed E-state index contributed by atoms with van der Waals surface area (Å²) in [5, 5.41) is 13.2. The number of amides is 1. The van der Waals surface area contributed by atoms with Crippen LogP contribution < -0.4 is 5.32 Å². The number of nitrogens with one attached hydrogen (secondary N) is 1. The molecule has 0 aliphatic rings. The fraction of sp³-hybridized carbons (Fsp3) is 0.786. The molecule has 286 valence electrons. The molecule has 2 unspecified atom stereocenters. The predicted molar refractivity (Wildman–Crippen MR) is 212 cm³/mol. The number of unbranched alkanes of at least 4 members (excludes halogenated alkanes) is 22. The molecular formula is C42H77NO5S. The van der Waals surface area contributed by atoms with Crippen LogP contribution in [0.3, 0.4) is 0 Å². The van der Waals surface area contributed by atoms with Gasteiger partial charge >= 0.3 is 0 Å². The molecule has 0 fully saturated rings. The molecule has 0 rings (SSSR count). The van der Waals surface area contributed by atoms with E-state index in [9.17, 15) is 22.9 Å². The Bertz CT molecular complexity index is 956. The zero-order chi connectivity index (χ0) is 36.1. The average molecular weight is 708 g/mol. The van der Waals surface area contributed by atoms with E-state index in [1.54, 1.807) is 6.08 Å². The highest BCUT2D eigenvalue weighted by molar-refractivity contribution is 7.85. The quantitative estimate of drug-likeness (QED) is 0.0342. The molecule has 7 heteroatoms. The molecule has 2 atom stereocenters. The summed E-state index contributed by atoms with van der Waals surface area (Å²) in [6.45, 7) is 4.51. The van der Waals surface area contributed by atoms with Gasteiger partial charge in [-0.25, -0.2) is 0 Å². The van der Waals surface area contributed by atoms with Crippen LogP contribution in [0.2, 0.25) is 0 Å². The third kappa shape index (κ3) is 37.4. The first-order chi connectivity index (χ1) is 23.8. The first kappa shape index (κ1) is 47.3. The van der Waals surface area contributed by atoms with E-state index >= 15 is 0 Å². The van der Waals surface area contributed by atoms with Gasteiger partial charge in [-0.05, 0) is 70.6 Å². The maximum Gasteiger partial charge on any atom is 0.267 e. The lowest BCUT2D eigenvalue weighted by Gasteiger charge is -2.21. The van der Waals surface area contributed by atoms with Crippen molar-refractivity contribution in [3.8, 4) is 0 Å². The molecule has 0 radical (unpaired) electrons. The van der Waals surface area contributed by atoms with Gasteiger partial charge in [-0.2, -0.15) is 8.42 Å². The lowest BCUT2D eigenvalue weighted by Crippen LogP contribution is -2.46. The molecule has 0 bridgehead atoms. The van der Waals surface area contributed by atoms with Crippen molar-refractivity contribution in [2.24, 2.45) is 0 Å². The van der Waals surface area contributed by atoms with E-state index in [4.69, 9.17) is 0 Å². The van der Waals surface area contributed by atoms with Crippen LogP contribution in [-0.2, 0) is 14.9 Å². The summed E-state index contributed by atoms with van der Waals surface area (Å²) >= 11 is 0. The largest absolute Gasteiger partial charge is 0.387 e. The highest BCUT2D eigenvalue weighted by atomic mass is 32.2. The van der Waals surface area contributed by atoms with Crippen molar-refractivity contribution in [1.29, 1.82) is 0 Å². The molecule has 0 saturated carbocycles. The molecule has 0 aliphatic carbocycles. The first-order valence-corrected chi connectivity index (χ1v) is 21.9. The topological polar surface area (TPSA) is 104 Å². The van der Waals surface area contributed by atoms with Crippen LogP contribution >= 0.6 is 0 Å². The van der Waals surface area contributed by atoms with E-state index in [-0.39, 0.29) is 12.3 Å². The molecular weight excluding hydrogens is 631 g/mol. The van der Waals surface area contributed by atoms with Crippen molar-refractivity contribution < 1.29 is 22.9 Å². The summed E-state index contributed by atoms with van der Waals surface area (Å²) in [4.78, 5) is 12.5. The smallest absolute Gasteiger partial charge is 0.267 e. The Labute approximate surface area is 303 Å². The predicted octanol–water partition coefficient (Wildman–Crippen LogP) is 11.9. The van der Waals surface area contributed by atoms with Crippen molar-refractivity contribution >= 4 is 16.0 Å². The van der Waals surface area contributed by atoms with Gasteiger partial charge < -0.3 is 10.4 Å². The Kier molecular flexibility index (Phi) is 34.9. The summed E-state index contributed by atoms with van der Waals surface area (Å²) < 4.78 is 32.4. The number of aliphatic hydroxyl groups is 1. The maximum atomic E-state index is 12.5. The van der Waals surface area contributed by atoms with E-state index in [1.165, 1.54) is 115 Å². The fourth-order valence-electron chi connectivity index (χ4n) is 5.89. The Morgan fingerprint density at radius 1 is 0.531 bits per heavy atom. The van der Waals surface area contributed by atoms with E-state index in [0.29, 0.717) is 12.8 Å². The van der Waals surface area contributed by atoms with Gasteiger partial charge in [0.1, 0.15) is 0 Å². The molecule has 0 heterocycles. The van der Waals surface area contributed by atoms with Gasteiger partial charge in [0.25, 0.3) is 10.1 Å². The van der Waals surface area contributed by atoms with Gasteiger partial charge in [-0.3, -0.25) is 9.35 Å². The molecule has 0 spiro atoms. The lowest BCUT2D eigenvalue weighted by molar-refractivity contribution is -0.122. The standard InChI is InChI=1S/C42H77NO5S/c1-3-5-7-9-11-13-15-17-19-21-22-23-25-27-29-31-33-35-37-41(44)40(39-49(46,47)48)43-42(45)38-36-34-32-30-28-26-24-20-18-16-14-12-10-8-6-4-2/h20-22,24,27,29,35,37,40-41,44H,3-19,23,25-26,28,30-34,36,38-39H2,1-2H3,(H,43,45)(H,46,47,48)/b22-21+,24-20-,29-27+,37-35+. The molecule has 1 amide bonds. The average Bonchev–Trinajstić information content (AvgIpc) is 3.06. The van der Waals surface area contributed by atoms with Crippen molar-refractivity contribution in [2.75, 3.05) is 5.75 Å². The van der Waals surface area contributed by atoms with Gasteiger partial charge in [0, 0.05) is 6.42 Å². The third-order valence-electron chi connectivity index (χ3n) is 8.96. The highest BCUT2D eigenvalue weighted by Gasteiger charge is 2.24. The Balaban J connectivity index is 4.03. The molecule has 0 aliphatic heterocycles. The van der Waals surface area contributed by atoms with Crippen LogP contribution in [0, 0.1) is 0 Å². The van der Waals surface area contributed by atoms with Crippen LogP contribution in [-0.4, -0.2) is 41.9 Å². The number of carbonyl (C=O) groups is 1. The second-order valence-corrected chi connectivity index (χ2v) is 15.4. The van der Waals surface area contributed by atoms with Gasteiger partial charge in [0.2, 0.25) is 5.91 Å². The fourth-order valence-corrected chi connectivity index (χ4v) is 6.62. The summed E-state index contributed by atoms with van der Waals surface area (Å²) in [7, 11) is -4.36. The Morgan fingerprint density at radius 3 is 1.29 bits per heavy atom. The molecule has 0 aromatic carbocycles. The van der Waals surface area contributed by atoms with E-state index in [0.717, 1.165) is 51.4 Å². The zero-order valence-electron chi connectivity index (χ0n) is 31.8. The second-order valence-electron chi connectivity index (χ2n) is 13.9. The minimum absolute atomic E-state index is 0.274. The number of rotatable bonds is 36. The molecule has 0 saturated heterocycles. The van der Waals surface area contributed by atoms with Gasteiger partial charge in [0.15, 0.2) is 0 Å². The minimum atomic E-state index is -4.36. The molecule has 6 nitrogen and oxygen atoms in total. The van der Waals surface area contributed by atoms with Crippen molar-refractivity contribution in [3.05, 3.63) is 48.6 Å². The molecule has 0 aromatic heterocycles. The zero-order valence-corrected chi connectivity index (χ0v) is 32.6. The van der Waals surface area contributed by atoms with Crippen molar-refractivity contribution in [3.63, 3.8) is 0 Å². The van der Waals surface area contributed by atoms with Crippen LogP contribution in [0.5, 0.6) is 0 Å². The number of aliphatic hydroxyl groups excluding tert-OH is 1. The summed E-state index contributed by atoms with van der Waals surface area (Å²) in [5.74, 6) is -1.02. The number of carbonyl (C=O) groups excluding carboxylic acids is 1. The second kappa shape index (κ2) is 36.1. The highest BCUT2D eigenvalue weighted by Crippen LogP contribution is 2.12. The number of hydrogen-bond donors (Lipinski definition) is 3. The molecule has 49 heavy (non-hydrogen) atoms. The first-order valence-electron chi connectivity index (χ1n) is 20.3. The monoisotopic (exact) mass is 708 g/mol. The van der Waals surface area contributed by atoms with E-state index < -0.39 is 28.0 Å². The Hall–Kier alpha value is -1.70. The third-order valence-corrected chi connectivity index (χ3v) is 9.74. The van der Waals surface area contributed by atoms with Gasteiger partial charge in [-0.15, -0.1) is 0 Å². The summed E-state index contributed by atoms with van der Waals surface area (Å²) in [6, 6.07) is -1.08. The summed E-state index contributed by atoms with van der Waals surface area (Å²) in [6.07, 6.45) is 48.1. The molecule has 0 aromatic rings. The number of allylic oxidation sites excluding steroid dienone is 7. The minimum Gasteiger partial charge on any atom is -0.387 e. The number of hydrogen-bond acceptors (Lipinski definition) is 4. The van der Waals surface area contributed by atoms with Gasteiger partial charge in [0.05, 0.1) is 17.9 Å². The molecule has 3 N–H and O–H groups in total. The maximum absolute atomic E-state index is 12.5. The van der Waals surface area contributed by atoms with Crippen LogP contribution in [0.25, 0.3) is 0 Å². The normalized spacial score (nSPS) is 13.8. The van der Waals surface area contributed by atoms with Crippen LogP contribution in [0.1, 0.15) is 194 Å². The summed E-state index contributed by atoms with van der Waals surface area (Å²) in [5.41, 5.74) is 0. The SMILES string of the molecule is CCCCCCCCC/C=C\CCCCCCCC(=O)NC(CS(=O)(=O)O)C(O)/C=C/CC/C=C/CC/C=C/CCCCCCCCCC. The van der Waals surface area contributed by atoms with Crippen molar-refractivity contribution in [1.82, 2.24) is 5.32 Å². The van der Waals surface area contributed by atoms with E-state index in [2.05, 4.69) is 55.6 Å². The lowest BCUT2D eigenvalue weighted by atomic mass is 10.1. The van der Waals surface area contributed by atoms with Crippen molar-refractivity contribution in [2.45, 2.75) is 206 Å². The van der Waals surface area contributed by atoms with Crippen LogP contribution in [0.4, 0.5) is 0 Å².